The van der Waals surface area contributed by atoms with Crippen LogP contribution in [0, 0.1) is 0 Å². The lowest BCUT2D eigenvalue weighted by atomic mass is 9.82. The number of aryl methyl sites for hydroxylation is 1. The van der Waals surface area contributed by atoms with Crippen molar-refractivity contribution < 1.29 is 13.0 Å². The van der Waals surface area contributed by atoms with E-state index < -0.39 is 10.1 Å². The first-order valence-electron chi connectivity index (χ1n) is 12.3. The Balaban J connectivity index is 0.00000900. The predicted octanol–water partition coefficient (Wildman–Crippen LogP) is 8.42. The second-order valence-electron chi connectivity index (χ2n) is 9.89. The molecular formula is C26H49NO3S. The van der Waals surface area contributed by atoms with Crippen molar-refractivity contribution >= 4 is 10.1 Å². The molecule has 1 aromatic rings. The molecule has 31 heavy (non-hydrogen) atoms. The maximum atomic E-state index is 11.5. The minimum Gasteiger partial charge on any atom is -0.344 e. The number of rotatable bonds is 16. The lowest BCUT2D eigenvalue weighted by Gasteiger charge is -2.23. The number of hydrogen-bond donors (Lipinski definition) is 2. The Morgan fingerprint density at radius 2 is 1.16 bits per heavy atom. The standard InChI is InChI=1S/C26H46O3S.H3N/c1-5-6-7-8-9-10-11-12-13-14-15-16-17-18-19-23-22-24(30(27,28)29)20-21-25(23)26(2,3)4;/h20-22H,5-19H2,1-4H3,(H,27,28,29);1H3. The molecule has 0 atom stereocenters. The van der Waals surface area contributed by atoms with Gasteiger partial charge in [0.2, 0.25) is 0 Å². The third kappa shape index (κ3) is 13.3. The summed E-state index contributed by atoms with van der Waals surface area (Å²) in [6, 6.07) is 5.05. The van der Waals surface area contributed by atoms with Crippen LogP contribution in [0.15, 0.2) is 23.1 Å². The summed E-state index contributed by atoms with van der Waals surface area (Å²) in [5, 5.41) is 0. The van der Waals surface area contributed by atoms with E-state index in [2.05, 4.69) is 27.7 Å². The molecule has 0 saturated carbocycles. The average Bonchev–Trinajstić information content (AvgIpc) is 2.66. The van der Waals surface area contributed by atoms with Gasteiger partial charge in [-0.3, -0.25) is 4.55 Å². The van der Waals surface area contributed by atoms with E-state index in [0.717, 1.165) is 18.4 Å². The van der Waals surface area contributed by atoms with Crippen LogP contribution in [0.1, 0.15) is 129 Å². The first-order chi connectivity index (χ1) is 14.2. The second kappa shape index (κ2) is 15.8. The number of hydrogen-bond acceptors (Lipinski definition) is 3. The zero-order valence-corrected chi connectivity index (χ0v) is 21.5. The molecule has 0 heterocycles. The topological polar surface area (TPSA) is 89.4 Å². The lowest BCUT2D eigenvalue weighted by molar-refractivity contribution is 0.482. The van der Waals surface area contributed by atoms with E-state index in [1.165, 1.54) is 95.1 Å². The second-order valence-corrected chi connectivity index (χ2v) is 11.3. The molecule has 1 aromatic carbocycles. The smallest absolute Gasteiger partial charge is 0.294 e. The highest BCUT2D eigenvalue weighted by Crippen LogP contribution is 2.29. The summed E-state index contributed by atoms with van der Waals surface area (Å²) in [7, 11) is -4.15. The third-order valence-electron chi connectivity index (χ3n) is 5.98. The molecule has 0 unspecified atom stereocenters. The van der Waals surface area contributed by atoms with Crippen LogP contribution in [-0.4, -0.2) is 13.0 Å². The normalized spacial score (nSPS) is 12.0. The van der Waals surface area contributed by atoms with E-state index in [4.69, 9.17) is 0 Å². The molecule has 0 aliphatic heterocycles. The summed E-state index contributed by atoms with van der Waals surface area (Å²) >= 11 is 0. The fraction of sp³-hybridized carbons (Fsp3) is 0.769. The van der Waals surface area contributed by atoms with Crippen LogP contribution in [0.5, 0.6) is 0 Å². The number of unbranched alkanes of at least 4 members (excludes halogenated alkanes) is 13. The van der Waals surface area contributed by atoms with Crippen LogP contribution in [0.2, 0.25) is 0 Å². The fourth-order valence-electron chi connectivity index (χ4n) is 4.18. The molecular weight excluding hydrogens is 406 g/mol. The van der Waals surface area contributed by atoms with Crippen LogP contribution in [-0.2, 0) is 22.0 Å². The zero-order chi connectivity index (χ0) is 22.5. The van der Waals surface area contributed by atoms with Crippen LogP contribution in [0.25, 0.3) is 0 Å². The van der Waals surface area contributed by atoms with Gasteiger partial charge in [-0.05, 0) is 41.5 Å². The van der Waals surface area contributed by atoms with Gasteiger partial charge in [0.1, 0.15) is 0 Å². The maximum absolute atomic E-state index is 11.5. The van der Waals surface area contributed by atoms with Gasteiger partial charge in [0.25, 0.3) is 10.1 Å². The van der Waals surface area contributed by atoms with E-state index >= 15 is 0 Å². The van der Waals surface area contributed by atoms with Gasteiger partial charge in [-0.15, -0.1) is 0 Å². The summed E-state index contributed by atoms with van der Waals surface area (Å²) < 4.78 is 32.4. The first kappa shape index (κ1) is 30.1. The van der Waals surface area contributed by atoms with Gasteiger partial charge >= 0.3 is 0 Å². The van der Waals surface area contributed by atoms with Crippen LogP contribution in [0.4, 0.5) is 0 Å². The van der Waals surface area contributed by atoms with Crippen LogP contribution in [0.3, 0.4) is 0 Å². The Bertz CT molecular complexity index is 693. The molecule has 0 amide bonds. The largest absolute Gasteiger partial charge is 0.344 e. The highest BCUT2D eigenvalue weighted by atomic mass is 32.2. The summed E-state index contributed by atoms with van der Waals surface area (Å²) in [4.78, 5) is 0.0101. The van der Waals surface area contributed by atoms with E-state index in [-0.39, 0.29) is 16.5 Å². The minimum absolute atomic E-state index is 0. The number of benzene rings is 1. The molecule has 0 fully saturated rings. The summed E-state index contributed by atoms with van der Waals surface area (Å²) in [6.07, 6.45) is 19.5. The van der Waals surface area contributed by atoms with Crippen molar-refractivity contribution in [3.05, 3.63) is 29.3 Å². The average molecular weight is 456 g/mol. The molecule has 0 saturated heterocycles. The highest BCUT2D eigenvalue weighted by molar-refractivity contribution is 7.85. The van der Waals surface area contributed by atoms with Crippen molar-refractivity contribution in [3.8, 4) is 0 Å². The Kier molecular flexibility index (Phi) is 15.4. The monoisotopic (exact) mass is 455 g/mol. The van der Waals surface area contributed by atoms with E-state index in [9.17, 15) is 13.0 Å². The van der Waals surface area contributed by atoms with Crippen molar-refractivity contribution in [2.45, 2.75) is 134 Å². The Morgan fingerprint density at radius 1 is 0.742 bits per heavy atom. The Hall–Kier alpha value is -0.910. The van der Waals surface area contributed by atoms with Crippen molar-refractivity contribution in [3.63, 3.8) is 0 Å². The molecule has 0 bridgehead atoms. The van der Waals surface area contributed by atoms with Crippen LogP contribution < -0.4 is 6.15 Å². The molecule has 0 spiro atoms. The Morgan fingerprint density at radius 3 is 1.55 bits per heavy atom. The fourth-order valence-corrected chi connectivity index (χ4v) is 4.71. The van der Waals surface area contributed by atoms with Crippen molar-refractivity contribution in [1.82, 2.24) is 6.15 Å². The molecule has 0 radical (unpaired) electrons. The SMILES string of the molecule is CCCCCCCCCCCCCCCCc1cc(S(=O)(=O)O)ccc1C(C)(C)C.N. The summed E-state index contributed by atoms with van der Waals surface area (Å²) in [5.74, 6) is 0. The van der Waals surface area contributed by atoms with Gasteiger partial charge < -0.3 is 6.15 Å². The minimum atomic E-state index is -4.15. The summed E-state index contributed by atoms with van der Waals surface area (Å²) in [6.45, 7) is 8.70. The van der Waals surface area contributed by atoms with E-state index in [0.29, 0.717) is 0 Å². The van der Waals surface area contributed by atoms with Crippen LogP contribution >= 0.6 is 0 Å². The molecule has 0 aromatic heterocycles. The maximum Gasteiger partial charge on any atom is 0.294 e. The highest BCUT2D eigenvalue weighted by Gasteiger charge is 2.20. The van der Waals surface area contributed by atoms with Gasteiger partial charge in [0.15, 0.2) is 0 Å². The zero-order valence-electron chi connectivity index (χ0n) is 20.7. The molecule has 1 rings (SSSR count). The van der Waals surface area contributed by atoms with E-state index in [1.54, 1.807) is 6.07 Å². The molecule has 4 nitrogen and oxygen atoms in total. The van der Waals surface area contributed by atoms with Crippen molar-refractivity contribution in [2.75, 3.05) is 0 Å². The van der Waals surface area contributed by atoms with Gasteiger partial charge in [-0.1, -0.05) is 117 Å². The lowest BCUT2D eigenvalue weighted by Crippen LogP contribution is -2.15. The molecule has 4 N–H and O–H groups in total. The Labute approximate surface area is 192 Å². The van der Waals surface area contributed by atoms with Gasteiger partial charge in [-0.2, -0.15) is 8.42 Å². The molecule has 0 aliphatic rings. The van der Waals surface area contributed by atoms with Gasteiger partial charge in [-0.25, -0.2) is 0 Å². The van der Waals surface area contributed by atoms with Gasteiger partial charge in [0, 0.05) is 0 Å². The summed E-state index contributed by atoms with van der Waals surface area (Å²) in [5.41, 5.74) is 2.18. The molecule has 5 heteroatoms. The predicted molar refractivity (Wildman–Crippen MR) is 134 cm³/mol. The third-order valence-corrected chi connectivity index (χ3v) is 6.83. The van der Waals surface area contributed by atoms with Crippen molar-refractivity contribution in [2.24, 2.45) is 0 Å². The first-order valence-corrected chi connectivity index (χ1v) is 13.7. The van der Waals surface area contributed by atoms with Crippen molar-refractivity contribution in [1.29, 1.82) is 0 Å². The quantitative estimate of drug-likeness (QED) is 0.193. The van der Waals surface area contributed by atoms with E-state index in [1.807, 2.05) is 6.07 Å². The molecule has 182 valence electrons. The molecule has 0 aliphatic carbocycles. The van der Waals surface area contributed by atoms with Gasteiger partial charge in [0.05, 0.1) is 4.90 Å².